The van der Waals surface area contributed by atoms with Crippen LogP contribution >= 0.6 is 0 Å². The number of carbonyl (C=O) groups is 1. The number of hydrogen-bond acceptors (Lipinski definition) is 3. The van der Waals surface area contributed by atoms with Gasteiger partial charge in [0.2, 0.25) is 5.91 Å². The predicted molar refractivity (Wildman–Crippen MR) is 59.6 cm³/mol. The summed E-state index contributed by atoms with van der Waals surface area (Å²) >= 11 is 0. The maximum absolute atomic E-state index is 11.6. The fourth-order valence-corrected chi connectivity index (χ4v) is 1.15. The van der Waals surface area contributed by atoms with Gasteiger partial charge in [-0.3, -0.25) is 4.79 Å². The summed E-state index contributed by atoms with van der Waals surface area (Å²) in [5.41, 5.74) is 0.778. The molecule has 0 spiro atoms. The van der Waals surface area contributed by atoms with Crippen LogP contribution in [0.25, 0.3) is 0 Å². The summed E-state index contributed by atoms with van der Waals surface area (Å²) in [4.78, 5) is 11.6. The number of rotatable bonds is 5. The molecule has 0 heterocycles. The van der Waals surface area contributed by atoms with Gasteiger partial charge in [-0.25, -0.2) is 0 Å². The quantitative estimate of drug-likeness (QED) is 0.664. The van der Waals surface area contributed by atoms with E-state index in [0.717, 1.165) is 5.69 Å². The lowest BCUT2D eigenvalue weighted by Gasteiger charge is -2.12. The third-order valence-electron chi connectivity index (χ3n) is 2.00. The van der Waals surface area contributed by atoms with Gasteiger partial charge in [0.05, 0.1) is 12.6 Å². The molecule has 3 N–H and O–H groups in total. The lowest BCUT2D eigenvalue weighted by atomic mass is 10.2. The van der Waals surface area contributed by atoms with E-state index >= 15 is 0 Å². The summed E-state index contributed by atoms with van der Waals surface area (Å²) in [5, 5.41) is 14.3. The first kappa shape index (κ1) is 11.7. The number of nitrogens with one attached hydrogen (secondary N) is 2. The zero-order chi connectivity index (χ0) is 11.1. The van der Waals surface area contributed by atoms with Crippen LogP contribution in [0.3, 0.4) is 0 Å². The van der Waals surface area contributed by atoms with E-state index in [2.05, 4.69) is 10.6 Å². The van der Waals surface area contributed by atoms with Gasteiger partial charge in [0, 0.05) is 12.2 Å². The number of hydrogen-bond donors (Lipinski definition) is 3. The minimum Gasteiger partial charge on any atom is -0.395 e. The Hall–Kier alpha value is -1.39. The Labute approximate surface area is 89.3 Å². The Balaban J connectivity index is 2.42. The van der Waals surface area contributed by atoms with Gasteiger partial charge in [0.15, 0.2) is 0 Å². The third-order valence-corrected chi connectivity index (χ3v) is 2.00. The number of anilines is 1. The smallest absolute Gasteiger partial charge is 0.241 e. The van der Waals surface area contributed by atoms with Crippen LogP contribution < -0.4 is 10.6 Å². The van der Waals surface area contributed by atoms with Crippen LogP contribution in [0, 0.1) is 0 Å². The second kappa shape index (κ2) is 6.16. The summed E-state index contributed by atoms with van der Waals surface area (Å²) in [5.74, 6) is -0.102. The van der Waals surface area contributed by atoms with Crippen LogP contribution in [0.2, 0.25) is 0 Å². The minimum absolute atomic E-state index is 0.0307. The molecule has 0 aliphatic rings. The SMILES string of the molecule is CC(NCCO)C(=O)Nc1ccccc1. The lowest BCUT2D eigenvalue weighted by Crippen LogP contribution is -2.39. The topological polar surface area (TPSA) is 61.4 Å². The van der Waals surface area contributed by atoms with Gasteiger partial charge in [-0.1, -0.05) is 18.2 Å². The van der Waals surface area contributed by atoms with Gasteiger partial charge in [0.1, 0.15) is 0 Å². The standard InChI is InChI=1S/C11H16N2O2/c1-9(12-7-8-14)11(15)13-10-5-3-2-4-6-10/h2-6,9,12,14H,7-8H2,1H3,(H,13,15). The molecular weight excluding hydrogens is 192 g/mol. The van der Waals surface area contributed by atoms with Crippen molar-refractivity contribution in [2.24, 2.45) is 0 Å². The fourth-order valence-electron chi connectivity index (χ4n) is 1.15. The number of carbonyl (C=O) groups excluding carboxylic acids is 1. The molecule has 1 unspecified atom stereocenters. The van der Waals surface area contributed by atoms with Gasteiger partial charge in [-0.15, -0.1) is 0 Å². The molecule has 1 aromatic carbocycles. The molecule has 4 nitrogen and oxygen atoms in total. The van der Waals surface area contributed by atoms with E-state index in [0.29, 0.717) is 6.54 Å². The van der Waals surface area contributed by atoms with Crippen molar-refractivity contribution in [1.82, 2.24) is 5.32 Å². The van der Waals surface area contributed by atoms with Crippen LogP contribution in [0.4, 0.5) is 5.69 Å². The van der Waals surface area contributed by atoms with Crippen molar-refractivity contribution in [1.29, 1.82) is 0 Å². The Morgan fingerprint density at radius 1 is 1.40 bits per heavy atom. The van der Waals surface area contributed by atoms with Gasteiger partial charge in [-0.2, -0.15) is 0 Å². The molecule has 0 aromatic heterocycles. The number of benzene rings is 1. The maximum Gasteiger partial charge on any atom is 0.241 e. The molecule has 1 amide bonds. The number of amides is 1. The van der Waals surface area contributed by atoms with E-state index in [9.17, 15) is 4.79 Å². The summed E-state index contributed by atoms with van der Waals surface area (Å²) in [6.45, 7) is 2.21. The second-order valence-electron chi connectivity index (χ2n) is 3.25. The first-order chi connectivity index (χ1) is 7.24. The lowest BCUT2D eigenvalue weighted by molar-refractivity contribution is -0.117. The third kappa shape index (κ3) is 4.10. The Morgan fingerprint density at radius 3 is 2.67 bits per heavy atom. The first-order valence-electron chi connectivity index (χ1n) is 4.94. The van der Waals surface area contributed by atoms with Crippen LogP contribution in [0.1, 0.15) is 6.92 Å². The summed E-state index contributed by atoms with van der Waals surface area (Å²) < 4.78 is 0. The molecule has 1 aromatic rings. The van der Waals surface area contributed by atoms with Crippen molar-refractivity contribution in [3.05, 3.63) is 30.3 Å². The number of aliphatic hydroxyl groups excluding tert-OH is 1. The molecule has 0 aliphatic carbocycles. The monoisotopic (exact) mass is 208 g/mol. The second-order valence-corrected chi connectivity index (χ2v) is 3.25. The Morgan fingerprint density at radius 2 is 2.07 bits per heavy atom. The van der Waals surface area contributed by atoms with Crippen molar-refractivity contribution in [2.75, 3.05) is 18.5 Å². The maximum atomic E-state index is 11.6. The highest BCUT2D eigenvalue weighted by molar-refractivity contribution is 5.94. The number of para-hydroxylation sites is 1. The number of aliphatic hydroxyl groups is 1. The molecule has 82 valence electrons. The van der Waals surface area contributed by atoms with Gasteiger partial charge in [-0.05, 0) is 19.1 Å². The van der Waals surface area contributed by atoms with Crippen molar-refractivity contribution in [3.63, 3.8) is 0 Å². The van der Waals surface area contributed by atoms with Gasteiger partial charge >= 0.3 is 0 Å². The minimum atomic E-state index is -0.308. The van der Waals surface area contributed by atoms with Crippen molar-refractivity contribution < 1.29 is 9.90 Å². The molecule has 0 saturated carbocycles. The summed E-state index contributed by atoms with van der Waals surface area (Å²) in [6, 6.07) is 8.97. The molecule has 0 bridgehead atoms. The molecule has 0 saturated heterocycles. The Kier molecular flexibility index (Phi) is 4.80. The van der Waals surface area contributed by atoms with E-state index in [-0.39, 0.29) is 18.6 Å². The highest BCUT2D eigenvalue weighted by Gasteiger charge is 2.10. The molecule has 0 aliphatic heterocycles. The van der Waals surface area contributed by atoms with E-state index in [1.807, 2.05) is 30.3 Å². The zero-order valence-electron chi connectivity index (χ0n) is 8.73. The largest absolute Gasteiger partial charge is 0.395 e. The van der Waals surface area contributed by atoms with E-state index in [1.54, 1.807) is 6.92 Å². The molecule has 15 heavy (non-hydrogen) atoms. The normalized spacial score (nSPS) is 12.1. The van der Waals surface area contributed by atoms with Crippen LogP contribution in [-0.2, 0) is 4.79 Å². The van der Waals surface area contributed by atoms with Crippen LogP contribution in [0.5, 0.6) is 0 Å². The fraction of sp³-hybridized carbons (Fsp3) is 0.364. The average molecular weight is 208 g/mol. The highest BCUT2D eigenvalue weighted by Crippen LogP contribution is 2.05. The summed E-state index contributed by atoms with van der Waals surface area (Å²) in [7, 11) is 0. The Bertz CT molecular complexity index is 301. The molecule has 0 fully saturated rings. The van der Waals surface area contributed by atoms with E-state index < -0.39 is 0 Å². The van der Waals surface area contributed by atoms with Crippen molar-refractivity contribution in [3.8, 4) is 0 Å². The highest BCUT2D eigenvalue weighted by atomic mass is 16.3. The first-order valence-corrected chi connectivity index (χ1v) is 4.94. The van der Waals surface area contributed by atoms with Crippen LogP contribution in [-0.4, -0.2) is 30.2 Å². The van der Waals surface area contributed by atoms with Gasteiger partial charge < -0.3 is 15.7 Å². The molecule has 1 rings (SSSR count). The van der Waals surface area contributed by atoms with Crippen molar-refractivity contribution >= 4 is 11.6 Å². The molecule has 4 heteroatoms. The van der Waals surface area contributed by atoms with Gasteiger partial charge in [0.25, 0.3) is 0 Å². The molecule has 0 radical (unpaired) electrons. The van der Waals surface area contributed by atoms with Crippen molar-refractivity contribution in [2.45, 2.75) is 13.0 Å². The van der Waals surface area contributed by atoms with E-state index in [1.165, 1.54) is 0 Å². The molecule has 1 atom stereocenters. The summed E-state index contributed by atoms with van der Waals surface area (Å²) in [6.07, 6.45) is 0. The zero-order valence-corrected chi connectivity index (χ0v) is 8.73. The van der Waals surface area contributed by atoms with Crippen LogP contribution in [0.15, 0.2) is 30.3 Å². The molecular formula is C11H16N2O2. The predicted octanol–water partition coefficient (Wildman–Crippen LogP) is 0.595. The average Bonchev–Trinajstić information content (AvgIpc) is 2.27. The van der Waals surface area contributed by atoms with E-state index in [4.69, 9.17) is 5.11 Å².